The monoisotopic (exact) mass is 271 g/mol. The largest absolute Gasteiger partial charge is 0.494 e. The number of sulfonamides is 1. The molecule has 1 rings (SSSR count). The lowest BCUT2D eigenvalue weighted by atomic mass is 10.3. The van der Waals surface area contributed by atoms with Crippen LogP contribution in [0.5, 0.6) is 5.75 Å². The number of rotatable bonds is 7. The van der Waals surface area contributed by atoms with Gasteiger partial charge in [-0.15, -0.1) is 0 Å². The van der Waals surface area contributed by atoms with E-state index < -0.39 is 10.0 Å². The van der Waals surface area contributed by atoms with Gasteiger partial charge in [-0.1, -0.05) is 18.2 Å². The third-order valence-corrected chi connectivity index (χ3v) is 4.90. The number of para-hydroxylation sites is 1. The summed E-state index contributed by atoms with van der Waals surface area (Å²) >= 11 is 0. The second-order valence-corrected chi connectivity index (χ2v) is 7.03. The fraction of sp³-hybridized carbons (Fsp3) is 0.538. The molecule has 0 amide bonds. The van der Waals surface area contributed by atoms with Crippen molar-refractivity contribution in [2.75, 3.05) is 20.2 Å². The molecule has 0 radical (unpaired) electrons. The van der Waals surface area contributed by atoms with E-state index in [0.29, 0.717) is 19.6 Å². The van der Waals surface area contributed by atoms with Crippen molar-refractivity contribution in [3.8, 4) is 5.75 Å². The van der Waals surface area contributed by atoms with Crippen molar-refractivity contribution in [1.82, 2.24) is 4.31 Å². The van der Waals surface area contributed by atoms with Gasteiger partial charge in [-0.2, -0.15) is 0 Å². The minimum Gasteiger partial charge on any atom is -0.494 e. The van der Waals surface area contributed by atoms with E-state index in [0.717, 1.165) is 5.75 Å². The van der Waals surface area contributed by atoms with Crippen LogP contribution in [0.25, 0.3) is 0 Å². The molecule has 4 nitrogen and oxygen atoms in total. The normalized spacial score (nSPS) is 12.1. The van der Waals surface area contributed by atoms with E-state index in [4.69, 9.17) is 4.74 Å². The van der Waals surface area contributed by atoms with Crippen molar-refractivity contribution in [3.05, 3.63) is 30.3 Å². The van der Waals surface area contributed by atoms with Gasteiger partial charge in [0, 0.05) is 13.6 Å². The summed E-state index contributed by atoms with van der Waals surface area (Å²) in [6.45, 7) is 4.37. The van der Waals surface area contributed by atoms with E-state index >= 15 is 0 Å². The number of hydrogen-bond donors (Lipinski definition) is 0. The molecule has 102 valence electrons. The Kier molecular flexibility index (Phi) is 5.62. The first-order valence-corrected chi connectivity index (χ1v) is 7.58. The van der Waals surface area contributed by atoms with E-state index in [9.17, 15) is 8.42 Å². The van der Waals surface area contributed by atoms with Gasteiger partial charge in [-0.3, -0.25) is 0 Å². The van der Waals surface area contributed by atoms with Gasteiger partial charge < -0.3 is 4.74 Å². The van der Waals surface area contributed by atoms with Gasteiger partial charge in [0.2, 0.25) is 10.0 Å². The van der Waals surface area contributed by atoms with Gasteiger partial charge in [0.05, 0.1) is 11.9 Å². The molecule has 0 saturated heterocycles. The van der Waals surface area contributed by atoms with E-state index in [1.54, 1.807) is 20.9 Å². The van der Waals surface area contributed by atoms with Gasteiger partial charge in [-0.05, 0) is 32.4 Å². The second-order valence-electron chi connectivity index (χ2n) is 4.43. The molecule has 0 aromatic heterocycles. The summed E-state index contributed by atoms with van der Waals surface area (Å²) < 4.78 is 30.5. The average Bonchev–Trinajstić information content (AvgIpc) is 2.35. The van der Waals surface area contributed by atoms with Crippen LogP contribution >= 0.6 is 0 Å². The van der Waals surface area contributed by atoms with E-state index in [-0.39, 0.29) is 5.25 Å². The Morgan fingerprint density at radius 3 is 2.39 bits per heavy atom. The molecular weight excluding hydrogens is 250 g/mol. The zero-order chi connectivity index (χ0) is 13.6. The molecule has 18 heavy (non-hydrogen) atoms. The minimum atomic E-state index is -3.14. The van der Waals surface area contributed by atoms with Gasteiger partial charge in [0.25, 0.3) is 0 Å². The van der Waals surface area contributed by atoms with Crippen LogP contribution < -0.4 is 4.74 Å². The Labute approximate surface area is 110 Å². The summed E-state index contributed by atoms with van der Waals surface area (Å²) in [6.07, 6.45) is 0.678. The third-order valence-electron chi connectivity index (χ3n) is 2.66. The van der Waals surface area contributed by atoms with Crippen LogP contribution in [0.15, 0.2) is 30.3 Å². The predicted octanol–water partition coefficient (Wildman–Crippen LogP) is 2.13. The number of hydrogen-bond acceptors (Lipinski definition) is 3. The summed E-state index contributed by atoms with van der Waals surface area (Å²) in [6, 6.07) is 9.51. The molecule has 5 heteroatoms. The summed E-state index contributed by atoms with van der Waals surface area (Å²) in [5, 5.41) is -0.377. The van der Waals surface area contributed by atoms with Gasteiger partial charge >= 0.3 is 0 Å². The van der Waals surface area contributed by atoms with Crippen molar-refractivity contribution >= 4 is 10.0 Å². The molecule has 0 saturated carbocycles. The van der Waals surface area contributed by atoms with E-state index in [2.05, 4.69) is 0 Å². The van der Waals surface area contributed by atoms with E-state index in [1.165, 1.54) is 4.31 Å². The van der Waals surface area contributed by atoms with Crippen molar-refractivity contribution in [1.29, 1.82) is 0 Å². The molecule has 1 aromatic carbocycles. The molecule has 0 spiro atoms. The van der Waals surface area contributed by atoms with Crippen molar-refractivity contribution in [2.24, 2.45) is 0 Å². The molecule has 0 heterocycles. The first-order chi connectivity index (χ1) is 8.44. The lowest BCUT2D eigenvalue weighted by Crippen LogP contribution is -2.34. The lowest BCUT2D eigenvalue weighted by molar-refractivity contribution is 0.296. The SMILES string of the molecule is CC(C)S(=O)(=O)N(C)CCCOc1ccccc1. The molecule has 0 N–H and O–H groups in total. The Morgan fingerprint density at radius 1 is 1.22 bits per heavy atom. The first-order valence-electron chi connectivity index (χ1n) is 6.07. The maximum atomic E-state index is 11.8. The van der Waals surface area contributed by atoms with E-state index in [1.807, 2.05) is 30.3 Å². The van der Waals surface area contributed by atoms with Gasteiger partial charge in [0.1, 0.15) is 5.75 Å². The Bertz CT molecular complexity index is 443. The Hall–Kier alpha value is -1.07. The first kappa shape index (κ1) is 15.0. The van der Waals surface area contributed by atoms with Crippen molar-refractivity contribution in [3.63, 3.8) is 0 Å². The standard InChI is InChI=1S/C13H21NO3S/c1-12(2)18(15,16)14(3)10-7-11-17-13-8-5-4-6-9-13/h4-6,8-9,12H,7,10-11H2,1-3H3. The fourth-order valence-corrected chi connectivity index (χ4v) is 2.58. The Morgan fingerprint density at radius 2 is 1.83 bits per heavy atom. The predicted molar refractivity (Wildman–Crippen MR) is 73.2 cm³/mol. The number of benzene rings is 1. The quantitative estimate of drug-likeness (QED) is 0.714. The summed E-state index contributed by atoms with van der Waals surface area (Å²) in [4.78, 5) is 0. The van der Waals surface area contributed by atoms with Crippen molar-refractivity contribution in [2.45, 2.75) is 25.5 Å². The maximum absolute atomic E-state index is 11.8. The zero-order valence-electron chi connectivity index (χ0n) is 11.2. The van der Waals surface area contributed by atoms with Crippen LogP contribution in [0.2, 0.25) is 0 Å². The highest BCUT2D eigenvalue weighted by Gasteiger charge is 2.21. The Balaban J connectivity index is 2.31. The van der Waals surface area contributed by atoms with Gasteiger partial charge in [-0.25, -0.2) is 12.7 Å². The molecule has 0 unspecified atom stereocenters. The zero-order valence-corrected chi connectivity index (χ0v) is 12.0. The fourth-order valence-electron chi connectivity index (χ4n) is 1.48. The minimum absolute atomic E-state index is 0.377. The average molecular weight is 271 g/mol. The molecule has 0 bridgehead atoms. The number of nitrogens with zero attached hydrogens (tertiary/aromatic N) is 1. The smallest absolute Gasteiger partial charge is 0.216 e. The second kappa shape index (κ2) is 6.75. The van der Waals surface area contributed by atoms with Crippen LogP contribution in [0.4, 0.5) is 0 Å². The third kappa shape index (κ3) is 4.31. The topological polar surface area (TPSA) is 46.6 Å². The molecule has 0 aliphatic carbocycles. The molecule has 0 aliphatic rings. The molecule has 0 aliphatic heterocycles. The number of ether oxygens (including phenoxy) is 1. The van der Waals surface area contributed by atoms with Gasteiger partial charge in [0.15, 0.2) is 0 Å². The van der Waals surface area contributed by atoms with Crippen LogP contribution in [0, 0.1) is 0 Å². The molecule has 1 aromatic rings. The van der Waals surface area contributed by atoms with Crippen molar-refractivity contribution < 1.29 is 13.2 Å². The van der Waals surface area contributed by atoms with Crippen LogP contribution in [-0.4, -0.2) is 38.2 Å². The highest BCUT2D eigenvalue weighted by atomic mass is 32.2. The summed E-state index contributed by atoms with van der Waals surface area (Å²) in [7, 11) is -1.54. The summed E-state index contributed by atoms with van der Waals surface area (Å²) in [5.74, 6) is 0.812. The molecule has 0 fully saturated rings. The highest BCUT2D eigenvalue weighted by molar-refractivity contribution is 7.89. The van der Waals surface area contributed by atoms with Crippen LogP contribution in [0.3, 0.4) is 0 Å². The molecule has 0 atom stereocenters. The molecular formula is C13H21NO3S. The highest BCUT2D eigenvalue weighted by Crippen LogP contribution is 2.10. The lowest BCUT2D eigenvalue weighted by Gasteiger charge is -2.19. The van der Waals surface area contributed by atoms with Crippen LogP contribution in [-0.2, 0) is 10.0 Å². The summed E-state index contributed by atoms with van der Waals surface area (Å²) in [5.41, 5.74) is 0. The van der Waals surface area contributed by atoms with Crippen LogP contribution in [0.1, 0.15) is 20.3 Å². The maximum Gasteiger partial charge on any atom is 0.216 e.